The van der Waals surface area contributed by atoms with E-state index in [0.717, 1.165) is 41.9 Å². The third kappa shape index (κ3) is 6.19. The van der Waals surface area contributed by atoms with Crippen molar-refractivity contribution in [2.45, 2.75) is 24.8 Å². The van der Waals surface area contributed by atoms with Gasteiger partial charge in [-0.1, -0.05) is 0 Å². The molecule has 2 rings (SSSR count). The quantitative estimate of drug-likeness (QED) is 0.331. The minimum absolute atomic E-state index is 0.199. The summed E-state index contributed by atoms with van der Waals surface area (Å²) in [6.45, 7) is 4.13. The van der Waals surface area contributed by atoms with E-state index in [-0.39, 0.29) is 5.82 Å². The zero-order valence-corrected chi connectivity index (χ0v) is 14.8. The van der Waals surface area contributed by atoms with Crippen molar-refractivity contribution in [1.29, 1.82) is 0 Å². The molecule has 6 nitrogen and oxygen atoms in total. The van der Waals surface area contributed by atoms with Crippen molar-refractivity contribution in [2.75, 3.05) is 18.8 Å². The summed E-state index contributed by atoms with van der Waals surface area (Å²) in [4.78, 5) is 9.74. The molecule has 0 aliphatic rings. The monoisotopic (exact) mass is 350 g/mol. The second-order valence-corrected chi connectivity index (χ2v) is 6.25. The smallest absolute Gasteiger partial charge is 0.191 e. The van der Waals surface area contributed by atoms with E-state index in [0.29, 0.717) is 6.54 Å². The second kappa shape index (κ2) is 9.92. The normalized spacial score (nSPS) is 11.5. The minimum Gasteiger partial charge on any atom is -0.357 e. The molecule has 24 heavy (non-hydrogen) atoms. The van der Waals surface area contributed by atoms with E-state index < -0.39 is 0 Å². The molecule has 8 heteroatoms. The molecule has 2 N–H and O–H groups in total. The van der Waals surface area contributed by atoms with Crippen molar-refractivity contribution < 1.29 is 4.39 Å². The van der Waals surface area contributed by atoms with Crippen LogP contribution in [0.15, 0.2) is 40.5 Å². The van der Waals surface area contributed by atoms with Gasteiger partial charge in [-0.2, -0.15) is 5.10 Å². The number of benzene rings is 1. The maximum Gasteiger partial charge on any atom is 0.191 e. The van der Waals surface area contributed by atoms with Gasteiger partial charge in [0, 0.05) is 25.0 Å². The third-order valence-electron chi connectivity index (χ3n) is 3.22. The highest BCUT2D eigenvalue weighted by molar-refractivity contribution is 7.99. The summed E-state index contributed by atoms with van der Waals surface area (Å²) in [5.41, 5.74) is 0. The van der Waals surface area contributed by atoms with Crippen molar-refractivity contribution in [3.05, 3.63) is 42.2 Å². The number of hydrogen-bond donors (Lipinski definition) is 2. The van der Waals surface area contributed by atoms with Gasteiger partial charge >= 0.3 is 0 Å². The third-order valence-corrected chi connectivity index (χ3v) is 4.32. The second-order valence-electron chi connectivity index (χ2n) is 5.08. The van der Waals surface area contributed by atoms with E-state index in [1.165, 1.54) is 18.5 Å². The molecule has 1 aromatic heterocycles. The number of aryl methyl sites for hydroxylation is 1. The van der Waals surface area contributed by atoms with Gasteiger partial charge in [0.15, 0.2) is 5.96 Å². The zero-order chi connectivity index (χ0) is 17.2. The van der Waals surface area contributed by atoms with Crippen LogP contribution in [0.4, 0.5) is 4.39 Å². The van der Waals surface area contributed by atoms with Crippen LogP contribution in [0.1, 0.15) is 19.2 Å². The highest BCUT2D eigenvalue weighted by Crippen LogP contribution is 2.18. The van der Waals surface area contributed by atoms with Crippen LogP contribution in [-0.4, -0.2) is 39.6 Å². The molecule has 0 aliphatic carbocycles. The lowest BCUT2D eigenvalue weighted by atomic mass is 10.4. The van der Waals surface area contributed by atoms with Gasteiger partial charge in [0.1, 0.15) is 24.5 Å². The average molecular weight is 350 g/mol. The van der Waals surface area contributed by atoms with Crippen LogP contribution in [-0.2, 0) is 13.6 Å². The van der Waals surface area contributed by atoms with Crippen molar-refractivity contribution >= 4 is 17.7 Å². The number of rotatable bonds is 8. The SMILES string of the molecule is CCNC(=NCc1ncnn1C)NCCCSc1ccc(F)cc1. The van der Waals surface area contributed by atoms with E-state index in [9.17, 15) is 4.39 Å². The van der Waals surface area contributed by atoms with E-state index >= 15 is 0 Å². The Kier molecular flexibility index (Phi) is 7.54. The molecule has 0 atom stereocenters. The molecule has 1 heterocycles. The van der Waals surface area contributed by atoms with Crippen molar-refractivity contribution in [2.24, 2.45) is 12.0 Å². The predicted octanol–water partition coefficient (Wildman–Crippen LogP) is 2.19. The molecule has 0 amide bonds. The van der Waals surface area contributed by atoms with Gasteiger partial charge in [0.2, 0.25) is 0 Å². The fourth-order valence-corrected chi connectivity index (χ4v) is 2.81. The Labute approximate surface area is 146 Å². The van der Waals surface area contributed by atoms with Crippen LogP contribution in [0.5, 0.6) is 0 Å². The van der Waals surface area contributed by atoms with Crippen LogP contribution >= 0.6 is 11.8 Å². The molecular formula is C16H23FN6S. The Morgan fingerprint density at radius 3 is 2.75 bits per heavy atom. The number of nitrogens with zero attached hydrogens (tertiary/aromatic N) is 4. The molecule has 0 radical (unpaired) electrons. The standard InChI is InChI=1S/C16H23FN6S/c1-3-18-16(20-11-15-21-12-22-23(15)2)19-9-4-10-24-14-7-5-13(17)6-8-14/h5-8,12H,3-4,9-11H2,1-2H3,(H2,18,19,20). The summed E-state index contributed by atoms with van der Waals surface area (Å²) in [7, 11) is 1.85. The topological polar surface area (TPSA) is 67.1 Å². The van der Waals surface area contributed by atoms with Crippen LogP contribution in [0.2, 0.25) is 0 Å². The summed E-state index contributed by atoms with van der Waals surface area (Å²) in [6, 6.07) is 6.59. The summed E-state index contributed by atoms with van der Waals surface area (Å²) >= 11 is 1.72. The summed E-state index contributed by atoms with van der Waals surface area (Å²) in [5, 5.41) is 10.5. The number of aromatic nitrogens is 3. The van der Waals surface area contributed by atoms with Crippen molar-refractivity contribution in [1.82, 2.24) is 25.4 Å². The van der Waals surface area contributed by atoms with Gasteiger partial charge in [0.25, 0.3) is 0 Å². The maximum atomic E-state index is 12.8. The van der Waals surface area contributed by atoms with Gasteiger partial charge in [-0.3, -0.25) is 4.68 Å². The molecule has 0 unspecified atom stereocenters. The first-order valence-electron chi connectivity index (χ1n) is 7.92. The molecule has 0 spiro atoms. The molecule has 130 valence electrons. The maximum absolute atomic E-state index is 12.8. The Bertz CT molecular complexity index is 640. The Balaban J connectivity index is 1.71. The Morgan fingerprint density at radius 2 is 2.08 bits per heavy atom. The lowest BCUT2D eigenvalue weighted by Crippen LogP contribution is -2.38. The Morgan fingerprint density at radius 1 is 1.29 bits per heavy atom. The van der Waals surface area contributed by atoms with Crippen LogP contribution in [0.25, 0.3) is 0 Å². The van der Waals surface area contributed by atoms with Crippen molar-refractivity contribution in [3.8, 4) is 0 Å². The van der Waals surface area contributed by atoms with Crippen LogP contribution in [0, 0.1) is 5.82 Å². The molecule has 0 aliphatic heterocycles. The fourth-order valence-electron chi connectivity index (χ4n) is 1.95. The predicted molar refractivity (Wildman–Crippen MR) is 95.6 cm³/mol. The number of guanidine groups is 1. The summed E-state index contributed by atoms with van der Waals surface area (Å²) < 4.78 is 14.6. The van der Waals surface area contributed by atoms with Crippen LogP contribution < -0.4 is 10.6 Å². The molecule has 2 aromatic rings. The lowest BCUT2D eigenvalue weighted by Gasteiger charge is -2.11. The molecule has 0 bridgehead atoms. The molecule has 1 aromatic carbocycles. The largest absolute Gasteiger partial charge is 0.357 e. The molecule has 0 saturated heterocycles. The molecular weight excluding hydrogens is 327 g/mol. The fraction of sp³-hybridized carbons (Fsp3) is 0.438. The number of aliphatic imine (C=N–C) groups is 1. The van der Waals surface area contributed by atoms with Gasteiger partial charge in [-0.25, -0.2) is 14.4 Å². The van der Waals surface area contributed by atoms with E-state index in [1.807, 2.05) is 14.0 Å². The minimum atomic E-state index is -0.199. The average Bonchev–Trinajstić information content (AvgIpc) is 2.99. The number of halogens is 1. The van der Waals surface area contributed by atoms with E-state index in [4.69, 9.17) is 0 Å². The van der Waals surface area contributed by atoms with Gasteiger partial charge < -0.3 is 10.6 Å². The summed E-state index contributed by atoms with van der Waals surface area (Å²) in [6.07, 6.45) is 2.51. The van der Waals surface area contributed by atoms with Gasteiger partial charge in [-0.05, 0) is 43.4 Å². The number of nitrogens with one attached hydrogen (secondary N) is 2. The van der Waals surface area contributed by atoms with Crippen molar-refractivity contribution in [3.63, 3.8) is 0 Å². The van der Waals surface area contributed by atoms with Crippen LogP contribution in [0.3, 0.4) is 0 Å². The number of thioether (sulfide) groups is 1. The first-order chi connectivity index (χ1) is 11.7. The molecule has 0 fully saturated rings. The Hall–Kier alpha value is -2.09. The first kappa shape index (κ1) is 18.3. The molecule has 0 saturated carbocycles. The summed E-state index contributed by atoms with van der Waals surface area (Å²) in [5.74, 6) is 2.35. The van der Waals surface area contributed by atoms with Gasteiger partial charge in [0.05, 0.1) is 0 Å². The van der Waals surface area contributed by atoms with E-state index in [2.05, 4.69) is 25.7 Å². The highest BCUT2D eigenvalue weighted by Gasteiger charge is 2.01. The van der Waals surface area contributed by atoms with Gasteiger partial charge in [-0.15, -0.1) is 11.8 Å². The first-order valence-corrected chi connectivity index (χ1v) is 8.91. The zero-order valence-electron chi connectivity index (χ0n) is 14.0. The highest BCUT2D eigenvalue weighted by atomic mass is 32.2. The number of hydrogen-bond acceptors (Lipinski definition) is 4. The lowest BCUT2D eigenvalue weighted by molar-refractivity contribution is 0.626. The van der Waals surface area contributed by atoms with E-state index in [1.54, 1.807) is 28.6 Å².